The van der Waals surface area contributed by atoms with Crippen LogP contribution in [0, 0.1) is 20.3 Å². The van der Waals surface area contributed by atoms with Crippen molar-refractivity contribution in [3.05, 3.63) is 68.7 Å². The number of imidazole rings is 1. The fraction of sp³-hybridized carbons (Fsp3) is 0.308. The maximum atomic E-state index is 13.2. The number of likely N-dealkylation sites (tertiary alicyclic amines) is 1. The summed E-state index contributed by atoms with van der Waals surface area (Å²) < 4.78 is 2.69. The van der Waals surface area contributed by atoms with E-state index in [4.69, 9.17) is 10.4 Å². The van der Waals surface area contributed by atoms with Crippen LogP contribution < -0.4 is 10.6 Å². The third-order valence-electron chi connectivity index (χ3n) is 6.31. The second-order valence-corrected chi connectivity index (χ2v) is 9.97. The van der Waals surface area contributed by atoms with Crippen LogP contribution >= 0.6 is 22.6 Å². The highest BCUT2D eigenvalue weighted by molar-refractivity contribution is 14.1. The average molecular weight is 581 g/mol. The molecular formula is C26H28IN7O. The fourth-order valence-electron chi connectivity index (χ4n) is 4.31. The van der Waals surface area contributed by atoms with E-state index >= 15 is 0 Å². The Morgan fingerprint density at radius 3 is 2.83 bits per heavy atom. The SMILES string of the molecule is CN/C(C)=C1/C=C(n2cc(C(=O)N[C@@H]3CCCN(C)C3)nc2-c2ccc(C#N)c(I)c2)C=CC1=N. The summed E-state index contributed by atoms with van der Waals surface area (Å²) in [5.74, 6) is 0.396. The highest BCUT2D eigenvalue weighted by Crippen LogP contribution is 2.29. The Hall–Kier alpha value is -3.23. The lowest BCUT2D eigenvalue weighted by atomic mass is 10.0. The van der Waals surface area contributed by atoms with Crippen molar-refractivity contribution in [3.8, 4) is 17.5 Å². The highest BCUT2D eigenvalue weighted by atomic mass is 127. The van der Waals surface area contributed by atoms with E-state index in [2.05, 4.69) is 51.2 Å². The first-order valence-electron chi connectivity index (χ1n) is 11.5. The van der Waals surface area contributed by atoms with Gasteiger partial charge in [-0.25, -0.2) is 4.98 Å². The molecule has 1 amide bonds. The van der Waals surface area contributed by atoms with Crippen molar-refractivity contribution in [3.63, 3.8) is 0 Å². The summed E-state index contributed by atoms with van der Waals surface area (Å²) in [5, 5.41) is 23.9. The summed E-state index contributed by atoms with van der Waals surface area (Å²) in [6.07, 6.45) is 9.27. The molecule has 0 radical (unpaired) electrons. The topological polar surface area (TPSA) is 110 Å². The molecule has 180 valence electrons. The molecule has 1 aromatic heterocycles. The molecule has 1 atom stereocenters. The van der Waals surface area contributed by atoms with Crippen molar-refractivity contribution >= 4 is 39.9 Å². The van der Waals surface area contributed by atoms with E-state index in [0.717, 1.165) is 52.0 Å². The van der Waals surface area contributed by atoms with Gasteiger partial charge < -0.3 is 20.9 Å². The number of piperidine rings is 1. The third kappa shape index (κ3) is 5.39. The molecule has 3 N–H and O–H groups in total. The number of carbonyl (C=O) groups excluding carboxylic acids is 1. The number of likely N-dealkylation sites (N-methyl/N-ethyl adjacent to an activating group) is 1. The van der Waals surface area contributed by atoms with Gasteiger partial charge in [0.2, 0.25) is 0 Å². The van der Waals surface area contributed by atoms with Gasteiger partial charge in [0, 0.05) is 51.9 Å². The Labute approximate surface area is 219 Å². The summed E-state index contributed by atoms with van der Waals surface area (Å²) in [6, 6.07) is 7.80. The molecule has 0 spiro atoms. The van der Waals surface area contributed by atoms with E-state index in [1.54, 1.807) is 18.3 Å². The number of halogens is 1. The molecule has 2 aliphatic rings. The largest absolute Gasteiger partial charge is 0.391 e. The molecule has 1 saturated heterocycles. The Morgan fingerprint density at radius 2 is 2.14 bits per heavy atom. The Kier molecular flexibility index (Phi) is 7.52. The van der Waals surface area contributed by atoms with E-state index in [9.17, 15) is 10.1 Å². The highest BCUT2D eigenvalue weighted by Gasteiger charge is 2.24. The molecule has 1 fully saturated rings. The molecule has 0 bridgehead atoms. The van der Waals surface area contributed by atoms with E-state index < -0.39 is 0 Å². The van der Waals surface area contributed by atoms with Gasteiger partial charge in [-0.05, 0) is 92.4 Å². The quantitative estimate of drug-likeness (QED) is 0.466. The van der Waals surface area contributed by atoms with Gasteiger partial charge in [0.1, 0.15) is 17.6 Å². The van der Waals surface area contributed by atoms with E-state index in [0.29, 0.717) is 22.8 Å². The minimum atomic E-state index is -0.205. The number of benzene rings is 1. The Bertz CT molecular complexity index is 1310. The first-order valence-corrected chi connectivity index (χ1v) is 12.5. The van der Waals surface area contributed by atoms with Gasteiger partial charge in [-0.1, -0.05) is 0 Å². The minimum Gasteiger partial charge on any atom is -0.391 e. The van der Waals surface area contributed by atoms with Gasteiger partial charge in [-0.15, -0.1) is 0 Å². The first kappa shape index (κ1) is 24.9. The van der Waals surface area contributed by atoms with Crippen molar-refractivity contribution in [2.75, 3.05) is 27.2 Å². The van der Waals surface area contributed by atoms with Gasteiger partial charge in [0.25, 0.3) is 5.91 Å². The van der Waals surface area contributed by atoms with Gasteiger partial charge in [0.15, 0.2) is 0 Å². The van der Waals surface area contributed by atoms with Gasteiger partial charge in [0.05, 0.1) is 11.3 Å². The van der Waals surface area contributed by atoms with Crippen molar-refractivity contribution < 1.29 is 4.79 Å². The molecule has 4 rings (SSSR count). The maximum Gasteiger partial charge on any atom is 0.271 e. The van der Waals surface area contributed by atoms with Crippen LogP contribution in [0.1, 0.15) is 35.8 Å². The first-order chi connectivity index (χ1) is 16.8. The van der Waals surface area contributed by atoms with Crippen molar-refractivity contribution in [2.45, 2.75) is 25.8 Å². The molecule has 0 saturated carbocycles. The zero-order chi connectivity index (χ0) is 25.1. The molecule has 1 aliphatic carbocycles. The van der Waals surface area contributed by atoms with Crippen molar-refractivity contribution in [2.24, 2.45) is 0 Å². The van der Waals surface area contributed by atoms with Crippen LogP contribution in [0.4, 0.5) is 0 Å². The summed E-state index contributed by atoms with van der Waals surface area (Å²) in [4.78, 5) is 20.2. The second kappa shape index (κ2) is 10.6. The smallest absolute Gasteiger partial charge is 0.271 e. The molecule has 9 heteroatoms. The summed E-state index contributed by atoms with van der Waals surface area (Å²) in [7, 11) is 3.89. The standard InChI is InChI=1S/C26H28IN7O/c1-16(30-2)21-12-20(8-9-23(21)29)34-15-24(26(35)31-19-5-4-10-33(3)14-19)32-25(34)17-6-7-18(13-28)22(27)11-17/h6-9,11-12,15,19,29-30H,4-5,10,14H2,1-3H3,(H,31,35)/b21-16-,29-23?/t19-/m1/s1. The number of nitrogens with zero attached hydrogens (tertiary/aromatic N) is 4. The lowest BCUT2D eigenvalue weighted by molar-refractivity contribution is 0.0908. The van der Waals surface area contributed by atoms with Crippen LogP contribution in [0.25, 0.3) is 17.1 Å². The molecule has 2 heterocycles. The van der Waals surface area contributed by atoms with Crippen LogP contribution in [0.2, 0.25) is 0 Å². The lowest BCUT2D eigenvalue weighted by Crippen LogP contribution is -2.46. The molecule has 2 aromatic rings. The molecular weight excluding hydrogens is 553 g/mol. The number of rotatable bonds is 5. The predicted molar refractivity (Wildman–Crippen MR) is 146 cm³/mol. The number of nitrogens with one attached hydrogen (secondary N) is 3. The number of nitriles is 1. The van der Waals surface area contributed by atoms with E-state index in [1.165, 1.54) is 0 Å². The Morgan fingerprint density at radius 1 is 1.34 bits per heavy atom. The zero-order valence-electron chi connectivity index (χ0n) is 20.0. The van der Waals surface area contributed by atoms with Crippen LogP contribution in [-0.2, 0) is 0 Å². The van der Waals surface area contributed by atoms with Crippen LogP contribution in [0.3, 0.4) is 0 Å². The molecule has 1 aromatic carbocycles. The minimum absolute atomic E-state index is 0.0905. The molecule has 8 nitrogen and oxygen atoms in total. The van der Waals surface area contributed by atoms with Gasteiger partial charge in [-0.3, -0.25) is 9.36 Å². The number of carbonyl (C=O) groups is 1. The predicted octanol–water partition coefficient (Wildman–Crippen LogP) is 3.77. The second-order valence-electron chi connectivity index (χ2n) is 8.81. The van der Waals surface area contributed by atoms with Crippen LogP contribution in [-0.4, -0.2) is 59.3 Å². The molecule has 0 unspecified atom stereocenters. The van der Waals surface area contributed by atoms with Crippen LogP contribution in [0.15, 0.2) is 53.9 Å². The van der Waals surface area contributed by atoms with E-state index in [-0.39, 0.29) is 11.9 Å². The lowest BCUT2D eigenvalue weighted by Gasteiger charge is -2.29. The molecule has 35 heavy (non-hydrogen) atoms. The monoisotopic (exact) mass is 581 g/mol. The number of amides is 1. The number of allylic oxidation sites excluding steroid dienone is 6. The number of hydrogen-bond acceptors (Lipinski definition) is 6. The Balaban J connectivity index is 1.77. The van der Waals surface area contributed by atoms with Crippen molar-refractivity contribution in [1.82, 2.24) is 25.1 Å². The maximum absolute atomic E-state index is 13.2. The van der Waals surface area contributed by atoms with Gasteiger partial charge in [-0.2, -0.15) is 5.26 Å². The molecule has 1 aliphatic heterocycles. The average Bonchev–Trinajstić information content (AvgIpc) is 3.29. The summed E-state index contributed by atoms with van der Waals surface area (Å²) in [6.45, 7) is 3.79. The summed E-state index contributed by atoms with van der Waals surface area (Å²) >= 11 is 2.14. The van der Waals surface area contributed by atoms with Crippen LogP contribution in [0.5, 0.6) is 0 Å². The van der Waals surface area contributed by atoms with Gasteiger partial charge >= 0.3 is 0 Å². The number of hydrogen-bond donors (Lipinski definition) is 3. The third-order valence-corrected chi connectivity index (χ3v) is 7.20. The van der Waals surface area contributed by atoms with Crippen molar-refractivity contribution in [1.29, 1.82) is 10.7 Å². The fourth-order valence-corrected chi connectivity index (χ4v) is 4.94. The normalized spacial score (nSPS) is 19.7. The van der Waals surface area contributed by atoms with E-state index in [1.807, 2.05) is 42.8 Å². The summed E-state index contributed by atoms with van der Waals surface area (Å²) in [5.41, 5.74) is 4.58. The number of aromatic nitrogens is 2. The zero-order valence-corrected chi connectivity index (χ0v) is 22.2.